The number of benzene rings is 1. The molecule has 0 radical (unpaired) electrons. The SMILES string of the molecule is CN(CC(F)F)C1CC(N)c2ccccc21. The molecule has 0 spiro atoms. The zero-order valence-corrected chi connectivity index (χ0v) is 9.24. The van der Waals surface area contributed by atoms with Gasteiger partial charge in [0.1, 0.15) is 0 Å². The van der Waals surface area contributed by atoms with Gasteiger partial charge in [0.15, 0.2) is 0 Å². The van der Waals surface area contributed by atoms with Gasteiger partial charge in [-0.15, -0.1) is 0 Å². The minimum atomic E-state index is -2.30. The van der Waals surface area contributed by atoms with Crippen LogP contribution in [0.2, 0.25) is 0 Å². The van der Waals surface area contributed by atoms with Crippen LogP contribution >= 0.6 is 0 Å². The van der Waals surface area contributed by atoms with E-state index in [-0.39, 0.29) is 18.6 Å². The summed E-state index contributed by atoms with van der Waals surface area (Å²) in [5.74, 6) is 0. The molecule has 88 valence electrons. The lowest BCUT2D eigenvalue weighted by atomic mass is 10.1. The molecule has 0 fully saturated rings. The van der Waals surface area contributed by atoms with Gasteiger partial charge in [0.2, 0.25) is 0 Å². The first-order valence-corrected chi connectivity index (χ1v) is 5.42. The maximum Gasteiger partial charge on any atom is 0.251 e. The molecule has 2 unspecified atom stereocenters. The summed E-state index contributed by atoms with van der Waals surface area (Å²) in [6.07, 6.45) is -1.57. The van der Waals surface area contributed by atoms with Crippen molar-refractivity contribution in [2.75, 3.05) is 13.6 Å². The number of fused-ring (bicyclic) bond motifs is 1. The molecule has 2 nitrogen and oxygen atoms in total. The summed E-state index contributed by atoms with van der Waals surface area (Å²) in [6, 6.07) is 7.83. The molecule has 4 heteroatoms. The first kappa shape index (κ1) is 11.5. The maximum atomic E-state index is 12.3. The van der Waals surface area contributed by atoms with Crippen LogP contribution in [-0.2, 0) is 0 Å². The summed E-state index contributed by atoms with van der Waals surface area (Å²) in [5, 5.41) is 0. The van der Waals surface area contributed by atoms with Crippen LogP contribution in [0, 0.1) is 0 Å². The van der Waals surface area contributed by atoms with E-state index >= 15 is 0 Å². The lowest BCUT2D eigenvalue weighted by molar-refractivity contribution is 0.0796. The molecule has 0 saturated heterocycles. The number of halogens is 2. The highest BCUT2D eigenvalue weighted by atomic mass is 19.3. The molecule has 1 aromatic carbocycles. The molecule has 2 N–H and O–H groups in total. The van der Waals surface area contributed by atoms with Crippen LogP contribution in [0.3, 0.4) is 0 Å². The van der Waals surface area contributed by atoms with Crippen LogP contribution < -0.4 is 5.73 Å². The van der Waals surface area contributed by atoms with Crippen molar-refractivity contribution >= 4 is 0 Å². The van der Waals surface area contributed by atoms with Gasteiger partial charge in [0.25, 0.3) is 6.43 Å². The minimum Gasteiger partial charge on any atom is -0.324 e. The van der Waals surface area contributed by atoms with E-state index in [0.29, 0.717) is 0 Å². The Kier molecular flexibility index (Phi) is 3.21. The van der Waals surface area contributed by atoms with Crippen molar-refractivity contribution in [3.05, 3.63) is 35.4 Å². The molecule has 0 heterocycles. The molecule has 0 saturated carbocycles. The summed E-state index contributed by atoms with van der Waals surface area (Å²) < 4.78 is 24.7. The largest absolute Gasteiger partial charge is 0.324 e. The normalized spacial score (nSPS) is 24.1. The molecular weight excluding hydrogens is 210 g/mol. The number of hydrogen-bond donors (Lipinski definition) is 1. The number of nitrogens with two attached hydrogens (primary N) is 1. The summed E-state index contributed by atoms with van der Waals surface area (Å²) in [5.41, 5.74) is 8.18. The van der Waals surface area contributed by atoms with E-state index in [1.54, 1.807) is 11.9 Å². The zero-order valence-electron chi connectivity index (χ0n) is 9.24. The number of hydrogen-bond acceptors (Lipinski definition) is 2. The van der Waals surface area contributed by atoms with Crippen molar-refractivity contribution in [2.24, 2.45) is 5.73 Å². The molecule has 2 rings (SSSR count). The average Bonchev–Trinajstić information content (AvgIpc) is 2.56. The highest BCUT2D eigenvalue weighted by molar-refractivity contribution is 5.37. The second kappa shape index (κ2) is 4.47. The van der Waals surface area contributed by atoms with E-state index in [4.69, 9.17) is 5.73 Å². The second-order valence-corrected chi connectivity index (χ2v) is 4.32. The maximum absolute atomic E-state index is 12.3. The molecule has 0 aliphatic heterocycles. The van der Waals surface area contributed by atoms with Crippen LogP contribution in [-0.4, -0.2) is 24.9 Å². The second-order valence-electron chi connectivity index (χ2n) is 4.32. The summed E-state index contributed by atoms with van der Waals surface area (Å²) in [7, 11) is 1.73. The Morgan fingerprint density at radius 3 is 2.62 bits per heavy atom. The summed E-state index contributed by atoms with van der Waals surface area (Å²) in [6.45, 7) is -0.203. The Morgan fingerprint density at radius 1 is 1.38 bits per heavy atom. The number of nitrogens with zero attached hydrogens (tertiary/aromatic N) is 1. The summed E-state index contributed by atoms with van der Waals surface area (Å²) in [4.78, 5) is 1.69. The lowest BCUT2D eigenvalue weighted by Gasteiger charge is -2.24. The van der Waals surface area contributed by atoms with Gasteiger partial charge in [-0.25, -0.2) is 8.78 Å². The average molecular weight is 226 g/mol. The Hall–Kier alpha value is -1.00. The van der Waals surface area contributed by atoms with E-state index in [1.807, 2.05) is 24.3 Å². The van der Waals surface area contributed by atoms with Crippen molar-refractivity contribution in [2.45, 2.75) is 24.9 Å². The Bertz CT molecular complexity index is 368. The van der Waals surface area contributed by atoms with Gasteiger partial charge in [-0.2, -0.15) is 0 Å². The molecule has 0 bridgehead atoms. The minimum absolute atomic E-state index is 0.0266. The van der Waals surface area contributed by atoms with Crippen LogP contribution in [0.15, 0.2) is 24.3 Å². The number of rotatable bonds is 3. The molecule has 16 heavy (non-hydrogen) atoms. The quantitative estimate of drug-likeness (QED) is 0.857. The lowest BCUT2D eigenvalue weighted by Crippen LogP contribution is -2.28. The first-order chi connectivity index (χ1) is 7.59. The van der Waals surface area contributed by atoms with Gasteiger partial charge in [-0.05, 0) is 24.6 Å². The smallest absolute Gasteiger partial charge is 0.251 e. The third-order valence-electron chi connectivity index (χ3n) is 3.19. The van der Waals surface area contributed by atoms with Crippen LogP contribution in [0.4, 0.5) is 8.78 Å². The monoisotopic (exact) mass is 226 g/mol. The summed E-state index contributed by atoms with van der Waals surface area (Å²) >= 11 is 0. The Labute approximate surface area is 94.0 Å². The predicted octanol–water partition coefficient (Wildman–Crippen LogP) is 2.33. The highest BCUT2D eigenvalue weighted by Crippen LogP contribution is 2.40. The van der Waals surface area contributed by atoms with Crippen molar-refractivity contribution in [3.8, 4) is 0 Å². The van der Waals surface area contributed by atoms with Crippen LogP contribution in [0.1, 0.15) is 29.6 Å². The molecule has 0 amide bonds. The van der Waals surface area contributed by atoms with Crippen LogP contribution in [0.5, 0.6) is 0 Å². The van der Waals surface area contributed by atoms with E-state index in [1.165, 1.54) is 0 Å². The first-order valence-electron chi connectivity index (χ1n) is 5.42. The Morgan fingerprint density at radius 2 is 2.00 bits per heavy atom. The van der Waals surface area contributed by atoms with Gasteiger partial charge < -0.3 is 5.73 Å². The van der Waals surface area contributed by atoms with Gasteiger partial charge >= 0.3 is 0 Å². The standard InChI is InChI=1S/C12H16F2N2/c1-16(7-12(13)14)11-6-10(15)8-4-2-3-5-9(8)11/h2-5,10-12H,6-7,15H2,1H3. The molecule has 0 aromatic heterocycles. The molecule has 2 atom stereocenters. The third kappa shape index (κ3) is 2.08. The van der Waals surface area contributed by atoms with E-state index in [9.17, 15) is 8.78 Å². The van der Waals surface area contributed by atoms with Gasteiger partial charge in [-0.1, -0.05) is 24.3 Å². The van der Waals surface area contributed by atoms with Gasteiger partial charge in [0, 0.05) is 12.1 Å². The Balaban J connectivity index is 2.20. The van der Waals surface area contributed by atoms with Crippen molar-refractivity contribution < 1.29 is 8.78 Å². The fraction of sp³-hybridized carbons (Fsp3) is 0.500. The van der Waals surface area contributed by atoms with Crippen molar-refractivity contribution in [3.63, 3.8) is 0 Å². The molecule has 1 aliphatic carbocycles. The van der Waals surface area contributed by atoms with E-state index < -0.39 is 6.43 Å². The fourth-order valence-corrected chi connectivity index (χ4v) is 2.41. The zero-order chi connectivity index (χ0) is 11.7. The molecule has 1 aromatic rings. The van der Waals surface area contributed by atoms with Gasteiger partial charge in [-0.3, -0.25) is 4.90 Å². The topological polar surface area (TPSA) is 29.3 Å². The fourth-order valence-electron chi connectivity index (χ4n) is 2.41. The molecule has 1 aliphatic rings. The van der Waals surface area contributed by atoms with Crippen molar-refractivity contribution in [1.82, 2.24) is 4.90 Å². The van der Waals surface area contributed by atoms with Crippen LogP contribution in [0.25, 0.3) is 0 Å². The third-order valence-corrected chi connectivity index (χ3v) is 3.19. The predicted molar refractivity (Wildman–Crippen MR) is 59.4 cm³/mol. The van der Waals surface area contributed by atoms with Gasteiger partial charge in [0.05, 0.1) is 6.54 Å². The van der Waals surface area contributed by atoms with E-state index in [0.717, 1.165) is 17.5 Å². The van der Waals surface area contributed by atoms with E-state index in [2.05, 4.69) is 0 Å². The highest BCUT2D eigenvalue weighted by Gasteiger charge is 2.31. The van der Waals surface area contributed by atoms with Crippen molar-refractivity contribution in [1.29, 1.82) is 0 Å². The number of alkyl halides is 2. The molecular formula is C12H16F2N2.